The zero-order valence-corrected chi connectivity index (χ0v) is 20.6. The highest BCUT2D eigenvalue weighted by Crippen LogP contribution is 2.33. The summed E-state index contributed by atoms with van der Waals surface area (Å²) in [6.45, 7) is -0.938. The molecule has 0 fully saturated rings. The molecule has 0 saturated heterocycles. The van der Waals surface area contributed by atoms with Crippen molar-refractivity contribution in [2.75, 3.05) is 5.32 Å². The fourth-order valence-electron chi connectivity index (χ4n) is 3.89. The number of nitrogens with one attached hydrogen (secondary N) is 1. The molecule has 1 aromatic heterocycles. The Morgan fingerprint density at radius 2 is 1.44 bits per heavy atom. The molecule has 196 valence electrons. The van der Waals surface area contributed by atoms with E-state index in [9.17, 15) is 18.0 Å². The lowest BCUT2D eigenvalue weighted by Gasteiger charge is -2.09. The third-order valence-electron chi connectivity index (χ3n) is 5.80. The third kappa shape index (κ3) is 6.10. The van der Waals surface area contributed by atoms with Gasteiger partial charge in [-0.2, -0.15) is 18.6 Å². The zero-order valence-electron chi connectivity index (χ0n) is 20.6. The van der Waals surface area contributed by atoms with E-state index in [-0.39, 0.29) is 5.75 Å². The van der Waals surface area contributed by atoms with Gasteiger partial charge in [0.1, 0.15) is 28.8 Å². The van der Waals surface area contributed by atoms with Gasteiger partial charge in [-0.15, -0.1) is 0 Å². The molecule has 0 aliphatic rings. The number of amides is 1. The quantitative estimate of drug-likeness (QED) is 0.231. The van der Waals surface area contributed by atoms with Crippen LogP contribution in [0.25, 0.3) is 22.4 Å². The molecule has 4 aromatic carbocycles. The Balaban J connectivity index is 1.33. The number of rotatable bonds is 7. The summed E-state index contributed by atoms with van der Waals surface area (Å²) in [7, 11) is 0. The van der Waals surface area contributed by atoms with Crippen LogP contribution in [0.15, 0.2) is 103 Å². The van der Waals surface area contributed by atoms with Crippen LogP contribution in [0, 0.1) is 12.7 Å². The van der Waals surface area contributed by atoms with Crippen molar-refractivity contribution in [2.24, 2.45) is 0 Å². The lowest BCUT2D eigenvalue weighted by molar-refractivity contribution is -0.0498. The van der Waals surface area contributed by atoms with E-state index in [0.717, 1.165) is 15.8 Å². The van der Waals surface area contributed by atoms with Crippen LogP contribution < -0.4 is 14.8 Å². The average molecular weight is 530 g/mol. The Morgan fingerprint density at radius 3 is 2.08 bits per heavy atom. The molecule has 0 atom stereocenters. The minimum atomic E-state index is -2.90. The number of anilines is 1. The molecule has 0 radical (unpaired) electrons. The van der Waals surface area contributed by atoms with Crippen molar-refractivity contribution in [3.63, 3.8) is 0 Å². The van der Waals surface area contributed by atoms with Crippen LogP contribution in [0.1, 0.15) is 5.56 Å². The third-order valence-corrected chi connectivity index (χ3v) is 5.80. The van der Waals surface area contributed by atoms with Gasteiger partial charge in [0, 0.05) is 28.6 Å². The first-order valence-corrected chi connectivity index (χ1v) is 11.9. The van der Waals surface area contributed by atoms with E-state index in [1.165, 1.54) is 36.5 Å². The second kappa shape index (κ2) is 11.1. The van der Waals surface area contributed by atoms with Crippen LogP contribution in [-0.4, -0.2) is 22.4 Å². The number of halogens is 3. The van der Waals surface area contributed by atoms with Crippen LogP contribution >= 0.6 is 0 Å². The Kier molecular flexibility index (Phi) is 7.31. The predicted octanol–water partition coefficient (Wildman–Crippen LogP) is 8.14. The number of carbonyl (C=O) groups excluding carboxylic acids is 1. The number of hydrogen-bond donors (Lipinski definition) is 1. The second-order valence-corrected chi connectivity index (χ2v) is 8.59. The molecule has 0 saturated carbocycles. The molecule has 0 aliphatic heterocycles. The summed E-state index contributed by atoms with van der Waals surface area (Å²) in [5, 5.41) is 7.24. The Morgan fingerprint density at radius 1 is 0.821 bits per heavy atom. The first-order chi connectivity index (χ1) is 18.9. The Bertz CT molecular complexity index is 1580. The monoisotopic (exact) mass is 529 g/mol. The molecule has 0 spiro atoms. The van der Waals surface area contributed by atoms with Crippen molar-refractivity contribution in [3.05, 3.63) is 115 Å². The fourth-order valence-corrected chi connectivity index (χ4v) is 3.89. The summed E-state index contributed by atoms with van der Waals surface area (Å²) in [6.07, 6.45) is 1.50. The van der Waals surface area contributed by atoms with Crippen molar-refractivity contribution in [2.45, 2.75) is 13.5 Å². The maximum absolute atomic E-state index is 14.7. The van der Waals surface area contributed by atoms with Crippen LogP contribution in [0.5, 0.6) is 17.2 Å². The van der Waals surface area contributed by atoms with Crippen LogP contribution in [0.4, 0.5) is 23.7 Å². The first-order valence-electron chi connectivity index (χ1n) is 11.9. The number of benzene rings is 4. The smallest absolute Gasteiger partial charge is 0.387 e. The van der Waals surface area contributed by atoms with Gasteiger partial charge in [-0.25, -0.2) is 9.18 Å². The van der Waals surface area contributed by atoms with Crippen molar-refractivity contribution in [3.8, 4) is 39.6 Å². The minimum Gasteiger partial charge on any atom is -0.457 e. The Labute approximate surface area is 222 Å². The van der Waals surface area contributed by atoms with Gasteiger partial charge in [-0.3, -0.25) is 0 Å². The van der Waals surface area contributed by atoms with Crippen LogP contribution in [0.3, 0.4) is 0 Å². The average Bonchev–Trinajstić information content (AvgIpc) is 3.37. The predicted molar refractivity (Wildman–Crippen MR) is 142 cm³/mol. The molecule has 0 unspecified atom stereocenters. The van der Waals surface area contributed by atoms with Gasteiger partial charge in [0.05, 0.1) is 0 Å². The van der Waals surface area contributed by atoms with Gasteiger partial charge in [0.25, 0.3) is 0 Å². The van der Waals surface area contributed by atoms with E-state index in [4.69, 9.17) is 4.74 Å². The van der Waals surface area contributed by atoms with E-state index >= 15 is 0 Å². The van der Waals surface area contributed by atoms with E-state index in [1.807, 2.05) is 31.2 Å². The van der Waals surface area contributed by atoms with Crippen molar-refractivity contribution in [1.82, 2.24) is 9.78 Å². The maximum Gasteiger partial charge on any atom is 0.387 e. The van der Waals surface area contributed by atoms with Crippen molar-refractivity contribution >= 4 is 11.7 Å². The van der Waals surface area contributed by atoms with Gasteiger partial charge in [0.15, 0.2) is 0 Å². The maximum atomic E-state index is 14.7. The number of ether oxygens (including phenoxy) is 2. The molecule has 0 aliphatic carbocycles. The largest absolute Gasteiger partial charge is 0.457 e. The summed E-state index contributed by atoms with van der Waals surface area (Å²) in [6, 6.07) is 25.7. The van der Waals surface area contributed by atoms with Gasteiger partial charge in [0.2, 0.25) is 0 Å². The standard InChI is InChI=1S/C30H22F3N3O3/c1-19-6-8-20(9-7-19)28-26(25-4-2-3-5-27(25)31)18-36(35-28)30(37)34-21-10-12-22(13-11-21)38-23-14-16-24(17-15-23)39-29(32)33/h2-18,29H,1H3,(H,34,37). The van der Waals surface area contributed by atoms with Crippen molar-refractivity contribution in [1.29, 1.82) is 0 Å². The number of hydrogen-bond acceptors (Lipinski definition) is 4. The molecule has 39 heavy (non-hydrogen) atoms. The molecule has 0 bridgehead atoms. The molecule has 1 heterocycles. The summed E-state index contributed by atoms with van der Waals surface area (Å²) in [5.41, 5.74) is 3.59. The number of carbonyl (C=O) groups is 1. The number of aryl methyl sites for hydroxylation is 1. The molecule has 1 N–H and O–H groups in total. The molecule has 9 heteroatoms. The zero-order chi connectivity index (χ0) is 27.4. The van der Waals surface area contributed by atoms with Gasteiger partial charge in [-0.05, 0) is 61.5 Å². The number of nitrogens with zero attached hydrogens (tertiary/aromatic N) is 2. The first kappa shape index (κ1) is 25.6. The van der Waals surface area contributed by atoms with E-state index in [2.05, 4.69) is 15.2 Å². The Hall–Kier alpha value is -5.05. The lowest BCUT2D eigenvalue weighted by Crippen LogP contribution is -2.19. The van der Waals surface area contributed by atoms with E-state index in [1.54, 1.807) is 42.5 Å². The van der Waals surface area contributed by atoms with E-state index < -0.39 is 18.5 Å². The van der Waals surface area contributed by atoms with Crippen LogP contribution in [0.2, 0.25) is 0 Å². The van der Waals surface area contributed by atoms with E-state index in [0.29, 0.717) is 34.0 Å². The fraction of sp³-hybridized carbons (Fsp3) is 0.0667. The molecular weight excluding hydrogens is 507 g/mol. The van der Waals surface area contributed by atoms with Gasteiger partial charge in [-0.1, -0.05) is 48.0 Å². The van der Waals surface area contributed by atoms with Gasteiger partial charge < -0.3 is 14.8 Å². The molecular formula is C30H22F3N3O3. The molecule has 6 nitrogen and oxygen atoms in total. The topological polar surface area (TPSA) is 65.4 Å². The number of alkyl halides is 2. The van der Waals surface area contributed by atoms with Crippen molar-refractivity contribution < 1.29 is 27.4 Å². The number of aromatic nitrogens is 2. The highest BCUT2D eigenvalue weighted by atomic mass is 19.3. The highest BCUT2D eigenvalue weighted by molar-refractivity contribution is 5.92. The minimum absolute atomic E-state index is 0.0257. The summed E-state index contributed by atoms with van der Waals surface area (Å²) in [5.74, 6) is 0.502. The van der Waals surface area contributed by atoms with Crippen LogP contribution in [-0.2, 0) is 0 Å². The summed E-state index contributed by atoms with van der Waals surface area (Å²) < 4.78 is 50.5. The summed E-state index contributed by atoms with van der Waals surface area (Å²) >= 11 is 0. The summed E-state index contributed by atoms with van der Waals surface area (Å²) in [4.78, 5) is 13.1. The van der Waals surface area contributed by atoms with Gasteiger partial charge >= 0.3 is 12.6 Å². The normalized spacial score (nSPS) is 10.9. The highest BCUT2D eigenvalue weighted by Gasteiger charge is 2.19. The molecule has 5 aromatic rings. The second-order valence-electron chi connectivity index (χ2n) is 8.59. The molecule has 1 amide bonds. The SMILES string of the molecule is Cc1ccc(-c2nn(C(=O)Nc3ccc(Oc4ccc(OC(F)F)cc4)cc3)cc2-c2ccccc2F)cc1. The molecule has 5 rings (SSSR count). The lowest BCUT2D eigenvalue weighted by atomic mass is 10.0.